The van der Waals surface area contributed by atoms with Crippen LogP contribution < -0.4 is 5.32 Å². The number of carbonyl (C=O) groups is 2. The first-order valence-corrected chi connectivity index (χ1v) is 8.00. The number of carbonyl (C=O) groups excluding carboxylic acids is 2. The van der Waals surface area contributed by atoms with E-state index in [4.69, 9.17) is 4.74 Å². The van der Waals surface area contributed by atoms with Crippen molar-refractivity contribution in [2.75, 3.05) is 39.8 Å². The average Bonchev–Trinajstić information content (AvgIpc) is 2.45. The number of nitrogens with zero attached hydrogens (tertiary/aromatic N) is 2. The number of likely N-dealkylation sites (N-methyl/N-ethyl adjacent to an activating group) is 1. The Balaban J connectivity index is 1.69. The highest BCUT2D eigenvalue weighted by Crippen LogP contribution is 2.32. The van der Waals surface area contributed by atoms with Crippen molar-refractivity contribution in [1.82, 2.24) is 15.1 Å². The lowest BCUT2D eigenvalue weighted by molar-refractivity contribution is -0.154. The molecule has 3 fully saturated rings. The highest BCUT2D eigenvalue weighted by atomic mass is 16.5. The van der Waals surface area contributed by atoms with Crippen molar-refractivity contribution in [3.05, 3.63) is 0 Å². The van der Waals surface area contributed by atoms with Gasteiger partial charge in [0.25, 0.3) is 0 Å². The smallest absolute Gasteiger partial charge is 0.248 e. The second kappa shape index (κ2) is 5.93. The maximum atomic E-state index is 12.8. The van der Waals surface area contributed by atoms with Gasteiger partial charge in [-0.3, -0.25) is 9.59 Å². The summed E-state index contributed by atoms with van der Waals surface area (Å²) in [6.07, 6.45) is 4.75. The molecule has 1 aliphatic carbocycles. The summed E-state index contributed by atoms with van der Waals surface area (Å²) in [6.45, 7) is 3.14. The molecule has 21 heavy (non-hydrogen) atoms. The predicted octanol–water partition coefficient (Wildman–Crippen LogP) is -0.0217. The van der Waals surface area contributed by atoms with Crippen LogP contribution in [-0.4, -0.2) is 73.1 Å². The largest absolute Gasteiger partial charge is 0.374 e. The van der Waals surface area contributed by atoms with Crippen molar-refractivity contribution >= 4 is 11.8 Å². The van der Waals surface area contributed by atoms with E-state index >= 15 is 0 Å². The van der Waals surface area contributed by atoms with E-state index in [2.05, 4.69) is 17.3 Å². The summed E-state index contributed by atoms with van der Waals surface area (Å²) in [6, 6.07) is 0. The zero-order valence-electron chi connectivity index (χ0n) is 12.8. The zero-order valence-corrected chi connectivity index (χ0v) is 12.8. The van der Waals surface area contributed by atoms with Crippen molar-refractivity contribution in [2.24, 2.45) is 0 Å². The van der Waals surface area contributed by atoms with Gasteiger partial charge in [0, 0.05) is 19.6 Å². The van der Waals surface area contributed by atoms with Crippen LogP contribution in [0.5, 0.6) is 0 Å². The molecular weight excluding hydrogens is 270 g/mol. The number of hydrogen-bond donors (Lipinski definition) is 1. The number of rotatable bonds is 2. The molecule has 3 rings (SSSR count). The van der Waals surface area contributed by atoms with Gasteiger partial charge in [-0.2, -0.15) is 0 Å². The standard InChI is InChI=1S/C15H25N3O3/c1-17-7-8-21-12(9-17)10-18-11-13(19)16-15(14(18)20)5-3-2-4-6-15/h12H,2-11H2,1H3,(H,16,19). The van der Waals surface area contributed by atoms with Gasteiger partial charge >= 0.3 is 0 Å². The first kappa shape index (κ1) is 14.8. The lowest BCUT2D eigenvalue weighted by Crippen LogP contribution is -2.68. The molecule has 1 unspecified atom stereocenters. The highest BCUT2D eigenvalue weighted by molar-refractivity contribution is 5.98. The summed E-state index contributed by atoms with van der Waals surface area (Å²) < 4.78 is 5.74. The van der Waals surface area contributed by atoms with Gasteiger partial charge in [0.1, 0.15) is 5.54 Å². The fourth-order valence-corrected chi connectivity index (χ4v) is 3.77. The van der Waals surface area contributed by atoms with Crippen LogP contribution in [0.3, 0.4) is 0 Å². The van der Waals surface area contributed by atoms with Gasteiger partial charge in [0.05, 0.1) is 19.3 Å². The zero-order chi connectivity index (χ0) is 14.9. The Kier molecular flexibility index (Phi) is 4.17. The van der Waals surface area contributed by atoms with Gasteiger partial charge < -0.3 is 19.9 Å². The maximum Gasteiger partial charge on any atom is 0.248 e. The molecule has 1 N–H and O–H groups in total. The molecule has 2 saturated heterocycles. The SMILES string of the molecule is CN1CCOC(CN2CC(=O)NC3(CCCCC3)C2=O)C1. The van der Waals surface area contributed by atoms with Crippen molar-refractivity contribution in [1.29, 1.82) is 0 Å². The van der Waals surface area contributed by atoms with Crippen LogP contribution in [0.25, 0.3) is 0 Å². The topological polar surface area (TPSA) is 61.9 Å². The third-order valence-electron chi connectivity index (χ3n) is 4.88. The third kappa shape index (κ3) is 3.06. The first-order chi connectivity index (χ1) is 10.1. The summed E-state index contributed by atoms with van der Waals surface area (Å²) in [4.78, 5) is 28.8. The van der Waals surface area contributed by atoms with Crippen LogP contribution in [0.2, 0.25) is 0 Å². The fourth-order valence-electron chi connectivity index (χ4n) is 3.77. The molecule has 0 aromatic rings. The molecule has 118 valence electrons. The Morgan fingerprint density at radius 3 is 2.76 bits per heavy atom. The molecule has 0 radical (unpaired) electrons. The quantitative estimate of drug-likeness (QED) is 0.778. The Morgan fingerprint density at radius 2 is 2.05 bits per heavy atom. The van der Waals surface area contributed by atoms with Crippen LogP contribution >= 0.6 is 0 Å². The summed E-state index contributed by atoms with van der Waals surface area (Å²) in [5.74, 6) is 0.0688. The average molecular weight is 295 g/mol. The number of piperazine rings is 1. The van der Waals surface area contributed by atoms with E-state index in [-0.39, 0.29) is 24.5 Å². The van der Waals surface area contributed by atoms with E-state index in [0.717, 1.165) is 45.2 Å². The Labute approximate surface area is 125 Å². The van der Waals surface area contributed by atoms with E-state index in [0.29, 0.717) is 13.2 Å². The summed E-state index contributed by atoms with van der Waals surface area (Å²) in [5, 5.41) is 2.98. The molecule has 0 aromatic carbocycles. The molecule has 1 atom stereocenters. The molecule has 3 aliphatic rings. The second-order valence-electron chi connectivity index (χ2n) is 6.63. The molecule has 1 spiro atoms. The van der Waals surface area contributed by atoms with E-state index in [1.54, 1.807) is 4.90 Å². The minimum absolute atomic E-state index is 0.0132. The molecule has 6 heteroatoms. The summed E-state index contributed by atoms with van der Waals surface area (Å²) in [7, 11) is 2.06. The predicted molar refractivity (Wildman–Crippen MR) is 77.8 cm³/mol. The van der Waals surface area contributed by atoms with Gasteiger partial charge in [0.15, 0.2) is 0 Å². The van der Waals surface area contributed by atoms with Gasteiger partial charge in [-0.05, 0) is 19.9 Å². The lowest BCUT2D eigenvalue weighted by Gasteiger charge is -2.45. The van der Waals surface area contributed by atoms with Crippen molar-refractivity contribution in [3.63, 3.8) is 0 Å². The van der Waals surface area contributed by atoms with Crippen molar-refractivity contribution in [3.8, 4) is 0 Å². The fraction of sp³-hybridized carbons (Fsp3) is 0.867. The molecule has 0 aromatic heterocycles. The van der Waals surface area contributed by atoms with Crippen molar-refractivity contribution in [2.45, 2.75) is 43.7 Å². The van der Waals surface area contributed by atoms with E-state index < -0.39 is 5.54 Å². The minimum atomic E-state index is -0.631. The molecule has 6 nitrogen and oxygen atoms in total. The summed E-state index contributed by atoms with van der Waals surface area (Å²) in [5.41, 5.74) is -0.631. The Morgan fingerprint density at radius 1 is 1.29 bits per heavy atom. The molecule has 0 bridgehead atoms. The van der Waals surface area contributed by atoms with Crippen LogP contribution in [0.1, 0.15) is 32.1 Å². The van der Waals surface area contributed by atoms with E-state index in [9.17, 15) is 9.59 Å². The van der Waals surface area contributed by atoms with Crippen LogP contribution in [0, 0.1) is 0 Å². The van der Waals surface area contributed by atoms with Crippen molar-refractivity contribution < 1.29 is 14.3 Å². The van der Waals surface area contributed by atoms with Gasteiger partial charge in [-0.25, -0.2) is 0 Å². The Bertz CT molecular complexity index is 420. The van der Waals surface area contributed by atoms with E-state index in [1.165, 1.54) is 0 Å². The molecule has 2 heterocycles. The third-order valence-corrected chi connectivity index (χ3v) is 4.88. The van der Waals surface area contributed by atoms with Gasteiger partial charge in [0.2, 0.25) is 11.8 Å². The first-order valence-electron chi connectivity index (χ1n) is 8.00. The number of hydrogen-bond acceptors (Lipinski definition) is 4. The monoisotopic (exact) mass is 295 g/mol. The van der Waals surface area contributed by atoms with Gasteiger partial charge in [-0.1, -0.05) is 19.3 Å². The maximum absolute atomic E-state index is 12.8. The second-order valence-corrected chi connectivity index (χ2v) is 6.63. The number of morpholine rings is 1. The molecule has 2 amide bonds. The van der Waals surface area contributed by atoms with Crippen LogP contribution in [-0.2, 0) is 14.3 Å². The van der Waals surface area contributed by atoms with Crippen LogP contribution in [0.4, 0.5) is 0 Å². The minimum Gasteiger partial charge on any atom is -0.374 e. The number of nitrogens with one attached hydrogen (secondary N) is 1. The van der Waals surface area contributed by atoms with E-state index in [1.807, 2.05) is 0 Å². The summed E-state index contributed by atoms with van der Waals surface area (Å²) >= 11 is 0. The normalized spacial score (nSPS) is 30.5. The van der Waals surface area contributed by atoms with Crippen LogP contribution in [0.15, 0.2) is 0 Å². The number of ether oxygens (including phenoxy) is 1. The van der Waals surface area contributed by atoms with Gasteiger partial charge in [-0.15, -0.1) is 0 Å². The number of amides is 2. The highest BCUT2D eigenvalue weighted by Gasteiger charge is 2.47. The molecule has 1 saturated carbocycles. The molecule has 2 aliphatic heterocycles. The Hall–Kier alpha value is -1.14. The molecular formula is C15H25N3O3. The lowest BCUT2D eigenvalue weighted by atomic mass is 9.79.